The van der Waals surface area contributed by atoms with Gasteiger partial charge in [0.05, 0.1) is 0 Å². The highest BCUT2D eigenvalue weighted by Crippen LogP contribution is 2.46. The van der Waals surface area contributed by atoms with Crippen molar-refractivity contribution in [1.82, 2.24) is 5.32 Å². The van der Waals surface area contributed by atoms with E-state index in [1.807, 2.05) is 0 Å². The molecule has 3 atom stereocenters. The van der Waals surface area contributed by atoms with Crippen LogP contribution in [0.5, 0.6) is 0 Å². The standard InChI is InChI=1S/C28H40N2/c1-20-21(2)30-26-15-14-23(18-25(20)26)27(22-10-9-11-22)29-19-28(16-7-4-8-17-28)24-12-5-3-6-13-24/h5,12-15,18,20-22,27,29-30H,3-4,6-11,16-17,19H2,1-2H3. The molecule has 0 bridgehead atoms. The lowest BCUT2D eigenvalue weighted by Gasteiger charge is -2.43. The molecule has 1 aliphatic heterocycles. The second kappa shape index (κ2) is 8.54. The average Bonchev–Trinajstić information content (AvgIpc) is 3.04. The molecule has 0 saturated heterocycles. The average molecular weight is 405 g/mol. The molecule has 2 nitrogen and oxygen atoms in total. The van der Waals surface area contributed by atoms with Crippen LogP contribution in [0.3, 0.4) is 0 Å². The highest BCUT2D eigenvalue weighted by atomic mass is 15.0. The SMILES string of the molecule is CC1Nc2ccc(C(NCC3(C4=CCCC=C4)CCCCC3)C3CCC3)cc2C1C. The molecular weight excluding hydrogens is 364 g/mol. The predicted molar refractivity (Wildman–Crippen MR) is 128 cm³/mol. The van der Waals surface area contributed by atoms with E-state index in [2.05, 4.69) is 60.9 Å². The van der Waals surface area contributed by atoms with Crippen LogP contribution in [0.4, 0.5) is 5.69 Å². The molecule has 2 fully saturated rings. The van der Waals surface area contributed by atoms with E-state index in [1.54, 1.807) is 5.57 Å². The fraction of sp³-hybridized carbons (Fsp3) is 0.643. The van der Waals surface area contributed by atoms with Crippen LogP contribution in [-0.2, 0) is 0 Å². The normalized spacial score (nSPS) is 28.9. The molecular formula is C28H40N2. The van der Waals surface area contributed by atoms with Gasteiger partial charge in [0, 0.05) is 35.6 Å². The minimum absolute atomic E-state index is 0.358. The summed E-state index contributed by atoms with van der Waals surface area (Å²) < 4.78 is 0. The molecule has 0 spiro atoms. The first-order valence-corrected chi connectivity index (χ1v) is 12.7. The quantitative estimate of drug-likeness (QED) is 0.521. The van der Waals surface area contributed by atoms with Crippen LogP contribution in [-0.4, -0.2) is 12.6 Å². The number of allylic oxidation sites excluding steroid dienone is 3. The molecule has 2 N–H and O–H groups in total. The summed E-state index contributed by atoms with van der Waals surface area (Å²) in [5, 5.41) is 7.84. The van der Waals surface area contributed by atoms with Crippen molar-refractivity contribution in [1.29, 1.82) is 0 Å². The van der Waals surface area contributed by atoms with Crippen LogP contribution >= 0.6 is 0 Å². The van der Waals surface area contributed by atoms with Gasteiger partial charge >= 0.3 is 0 Å². The van der Waals surface area contributed by atoms with Gasteiger partial charge in [0.25, 0.3) is 0 Å². The first-order chi connectivity index (χ1) is 14.7. The summed E-state index contributed by atoms with van der Waals surface area (Å²) in [6.45, 7) is 5.83. The van der Waals surface area contributed by atoms with E-state index in [-0.39, 0.29) is 0 Å². The molecule has 2 heteroatoms. The Kier molecular flexibility index (Phi) is 5.79. The Hall–Kier alpha value is -1.54. The lowest BCUT2D eigenvalue weighted by atomic mass is 9.67. The maximum atomic E-state index is 4.17. The van der Waals surface area contributed by atoms with Crippen molar-refractivity contribution in [3.05, 3.63) is 53.1 Å². The van der Waals surface area contributed by atoms with Crippen molar-refractivity contribution >= 4 is 5.69 Å². The molecule has 0 radical (unpaired) electrons. The van der Waals surface area contributed by atoms with Crippen molar-refractivity contribution in [2.45, 2.75) is 96.1 Å². The van der Waals surface area contributed by atoms with Crippen LogP contribution < -0.4 is 10.6 Å². The van der Waals surface area contributed by atoms with E-state index >= 15 is 0 Å². The zero-order valence-corrected chi connectivity index (χ0v) is 19.1. The smallest absolute Gasteiger partial charge is 0.0378 e. The van der Waals surface area contributed by atoms with E-state index in [9.17, 15) is 0 Å². The van der Waals surface area contributed by atoms with Gasteiger partial charge in [0.15, 0.2) is 0 Å². The van der Waals surface area contributed by atoms with Crippen LogP contribution in [0.2, 0.25) is 0 Å². The van der Waals surface area contributed by atoms with Crippen molar-refractivity contribution < 1.29 is 0 Å². The van der Waals surface area contributed by atoms with Crippen molar-refractivity contribution in [2.24, 2.45) is 11.3 Å². The topological polar surface area (TPSA) is 24.1 Å². The van der Waals surface area contributed by atoms with E-state index in [0.29, 0.717) is 23.4 Å². The second-order valence-corrected chi connectivity index (χ2v) is 10.6. The van der Waals surface area contributed by atoms with Crippen LogP contribution in [0, 0.1) is 11.3 Å². The van der Waals surface area contributed by atoms with Gasteiger partial charge in [-0.25, -0.2) is 0 Å². The van der Waals surface area contributed by atoms with Crippen molar-refractivity contribution in [3.63, 3.8) is 0 Å². The Balaban J connectivity index is 1.39. The molecule has 2 saturated carbocycles. The van der Waals surface area contributed by atoms with Gasteiger partial charge in [0.2, 0.25) is 0 Å². The lowest BCUT2D eigenvalue weighted by Crippen LogP contribution is -2.42. The number of rotatable bonds is 6. The Labute approximate surface area is 183 Å². The maximum absolute atomic E-state index is 4.17. The second-order valence-electron chi connectivity index (χ2n) is 10.6. The van der Waals surface area contributed by atoms with Gasteiger partial charge in [-0.3, -0.25) is 0 Å². The summed E-state index contributed by atoms with van der Waals surface area (Å²) in [5.41, 5.74) is 6.40. The van der Waals surface area contributed by atoms with Gasteiger partial charge in [-0.05, 0) is 74.1 Å². The fourth-order valence-corrected chi connectivity index (χ4v) is 6.36. The Morgan fingerprint density at radius 1 is 1.07 bits per heavy atom. The molecule has 1 heterocycles. The zero-order valence-electron chi connectivity index (χ0n) is 19.1. The van der Waals surface area contributed by atoms with E-state index in [0.717, 1.165) is 12.5 Å². The number of benzene rings is 1. The summed E-state index contributed by atoms with van der Waals surface area (Å²) in [6.07, 6.45) is 20.9. The number of anilines is 1. The molecule has 1 aromatic carbocycles. The van der Waals surface area contributed by atoms with Crippen LogP contribution in [0.15, 0.2) is 42.0 Å². The fourth-order valence-electron chi connectivity index (χ4n) is 6.36. The predicted octanol–water partition coefficient (Wildman–Crippen LogP) is 7.26. The van der Waals surface area contributed by atoms with E-state index in [1.165, 1.54) is 81.0 Å². The number of fused-ring (bicyclic) bond motifs is 1. The number of nitrogens with one attached hydrogen (secondary N) is 2. The summed E-state index contributed by atoms with van der Waals surface area (Å²) in [6, 6.07) is 8.33. The van der Waals surface area contributed by atoms with Gasteiger partial charge < -0.3 is 10.6 Å². The molecule has 162 valence electrons. The third kappa shape index (κ3) is 3.77. The molecule has 5 rings (SSSR count). The molecule has 30 heavy (non-hydrogen) atoms. The third-order valence-corrected chi connectivity index (χ3v) is 8.76. The summed E-state index contributed by atoms with van der Waals surface area (Å²) in [4.78, 5) is 0. The highest BCUT2D eigenvalue weighted by Gasteiger charge is 2.37. The van der Waals surface area contributed by atoms with E-state index in [4.69, 9.17) is 0 Å². The van der Waals surface area contributed by atoms with Crippen LogP contribution in [0.1, 0.15) is 101 Å². The van der Waals surface area contributed by atoms with E-state index < -0.39 is 0 Å². The third-order valence-electron chi connectivity index (χ3n) is 8.76. The maximum Gasteiger partial charge on any atom is 0.0378 e. The minimum atomic E-state index is 0.358. The molecule has 1 aromatic rings. The largest absolute Gasteiger partial charge is 0.382 e. The Morgan fingerprint density at radius 3 is 2.60 bits per heavy atom. The number of hydrogen-bond acceptors (Lipinski definition) is 2. The highest BCUT2D eigenvalue weighted by molar-refractivity contribution is 5.60. The summed E-state index contributed by atoms with van der Waals surface area (Å²) >= 11 is 0. The molecule has 0 aromatic heterocycles. The summed E-state index contributed by atoms with van der Waals surface area (Å²) in [7, 11) is 0. The molecule has 4 aliphatic rings. The van der Waals surface area contributed by atoms with Crippen molar-refractivity contribution in [2.75, 3.05) is 11.9 Å². The van der Waals surface area contributed by atoms with Gasteiger partial charge in [-0.1, -0.05) is 63.0 Å². The van der Waals surface area contributed by atoms with Gasteiger partial charge in [0.1, 0.15) is 0 Å². The minimum Gasteiger partial charge on any atom is -0.382 e. The molecule has 3 unspecified atom stereocenters. The Morgan fingerprint density at radius 2 is 1.90 bits per heavy atom. The van der Waals surface area contributed by atoms with Crippen LogP contribution in [0.25, 0.3) is 0 Å². The monoisotopic (exact) mass is 404 g/mol. The van der Waals surface area contributed by atoms with Crippen molar-refractivity contribution in [3.8, 4) is 0 Å². The molecule has 0 amide bonds. The zero-order chi connectivity index (χ0) is 20.6. The van der Waals surface area contributed by atoms with Gasteiger partial charge in [-0.15, -0.1) is 0 Å². The first-order valence-electron chi connectivity index (χ1n) is 12.7. The lowest BCUT2D eigenvalue weighted by molar-refractivity contribution is 0.182. The number of hydrogen-bond donors (Lipinski definition) is 2. The Bertz CT molecular complexity index is 810. The summed E-state index contributed by atoms with van der Waals surface area (Å²) in [5.74, 6) is 1.41. The first kappa shape index (κ1) is 20.4. The molecule has 3 aliphatic carbocycles. The van der Waals surface area contributed by atoms with Gasteiger partial charge in [-0.2, -0.15) is 0 Å².